The van der Waals surface area contributed by atoms with Crippen molar-refractivity contribution in [2.75, 3.05) is 27.4 Å². The van der Waals surface area contributed by atoms with E-state index in [-0.39, 0.29) is 5.92 Å². The molecule has 1 atom stereocenters. The first-order chi connectivity index (χ1) is 12.1. The Morgan fingerprint density at radius 1 is 1.00 bits per heavy atom. The Labute approximate surface area is 150 Å². The number of nitrogens with two attached hydrogens (primary N) is 1. The molecule has 2 N–H and O–H groups in total. The standard InChI is InChI=1S/C21H29NO3/c1-5-10-25-20-9-7-16(11-15(20)2)18(14-22)12-17-6-8-19(23-3)13-21(17)24-4/h6-9,11,13,18H,5,10,12,14,22H2,1-4H3. The third kappa shape index (κ3) is 4.89. The zero-order chi connectivity index (χ0) is 18.2. The Balaban J connectivity index is 2.21. The lowest BCUT2D eigenvalue weighted by molar-refractivity contribution is 0.315. The molecule has 0 aromatic heterocycles. The Kier molecular flexibility index (Phi) is 7.14. The van der Waals surface area contributed by atoms with Crippen LogP contribution in [0.25, 0.3) is 0 Å². The highest BCUT2D eigenvalue weighted by molar-refractivity contribution is 5.43. The van der Waals surface area contributed by atoms with Crippen LogP contribution in [0, 0.1) is 6.92 Å². The SMILES string of the molecule is CCCOc1ccc(C(CN)Cc2ccc(OC)cc2OC)cc1C. The van der Waals surface area contributed by atoms with Gasteiger partial charge in [-0.3, -0.25) is 0 Å². The monoisotopic (exact) mass is 343 g/mol. The summed E-state index contributed by atoms with van der Waals surface area (Å²) in [7, 11) is 3.34. The molecule has 0 aliphatic carbocycles. The van der Waals surface area contributed by atoms with Gasteiger partial charge < -0.3 is 19.9 Å². The van der Waals surface area contributed by atoms with Crippen molar-refractivity contribution in [2.24, 2.45) is 5.73 Å². The van der Waals surface area contributed by atoms with Crippen molar-refractivity contribution in [3.05, 3.63) is 53.1 Å². The molecule has 4 heteroatoms. The van der Waals surface area contributed by atoms with E-state index in [1.807, 2.05) is 24.3 Å². The molecule has 25 heavy (non-hydrogen) atoms. The molecule has 0 amide bonds. The Hall–Kier alpha value is -2.20. The Bertz CT molecular complexity index is 685. The summed E-state index contributed by atoms with van der Waals surface area (Å²) < 4.78 is 16.6. The van der Waals surface area contributed by atoms with Gasteiger partial charge in [-0.05, 0) is 55.1 Å². The summed E-state index contributed by atoms with van der Waals surface area (Å²) in [6.45, 7) is 5.50. The van der Waals surface area contributed by atoms with Gasteiger partial charge in [-0.15, -0.1) is 0 Å². The van der Waals surface area contributed by atoms with E-state index in [2.05, 4.69) is 26.0 Å². The van der Waals surface area contributed by atoms with E-state index in [9.17, 15) is 0 Å². The molecule has 0 fully saturated rings. The van der Waals surface area contributed by atoms with Crippen LogP contribution < -0.4 is 19.9 Å². The molecule has 0 aliphatic rings. The summed E-state index contributed by atoms with van der Waals surface area (Å²) in [4.78, 5) is 0. The van der Waals surface area contributed by atoms with Gasteiger partial charge in [0.2, 0.25) is 0 Å². The average molecular weight is 343 g/mol. The molecule has 0 saturated carbocycles. The van der Waals surface area contributed by atoms with E-state index in [0.717, 1.165) is 47.8 Å². The maximum absolute atomic E-state index is 6.07. The third-order valence-corrected chi connectivity index (χ3v) is 4.38. The average Bonchev–Trinajstić information content (AvgIpc) is 2.65. The molecule has 2 rings (SSSR count). The largest absolute Gasteiger partial charge is 0.497 e. The molecule has 0 aliphatic heterocycles. The zero-order valence-electron chi connectivity index (χ0n) is 15.7. The van der Waals surface area contributed by atoms with Gasteiger partial charge in [0, 0.05) is 12.0 Å². The van der Waals surface area contributed by atoms with Crippen molar-refractivity contribution in [3.8, 4) is 17.2 Å². The van der Waals surface area contributed by atoms with Gasteiger partial charge in [-0.25, -0.2) is 0 Å². The topological polar surface area (TPSA) is 53.7 Å². The molecule has 0 saturated heterocycles. The lowest BCUT2D eigenvalue weighted by Crippen LogP contribution is -2.16. The van der Waals surface area contributed by atoms with Crippen LogP contribution in [0.3, 0.4) is 0 Å². The van der Waals surface area contributed by atoms with E-state index in [1.165, 1.54) is 5.56 Å². The molecule has 1 unspecified atom stereocenters. The summed E-state index contributed by atoms with van der Waals surface area (Å²) in [6, 6.07) is 12.3. The number of rotatable bonds is 9. The highest BCUT2D eigenvalue weighted by Gasteiger charge is 2.15. The van der Waals surface area contributed by atoms with E-state index < -0.39 is 0 Å². The second-order valence-corrected chi connectivity index (χ2v) is 6.19. The molecule has 136 valence electrons. The minimum atomic E-state index is 0.223. The van der Waals surface area contributed by atoms with Gasteiger partial charge in [0.25, 0.3) is 0 Å². The highest BCUT2D eigenvalue weighted by Crippen LogP contribution is 2.31. The maximum Gasteiger partial charge on any atom is 0.125 e. The summed E-state index contributed by atoms with van der Waals surface area (Å²) in [6.07, 6.45) is 1.82. The molecule has 4 nitrogen and oxygen atoms in total. The van der Waals surface area contributed by atoms with E-state index in [1.54, 1.807) is 14.2 Å². The van der Waals surface area contributed by atoms with Crippen molar-refractivity contribution in [1.29, 1.82) is 0 Å². The predicted octanol–water partition coefficient (Wildman–Crippen LogP) is 4.09. The molecule has 0 spiro atoms. The van der Waals surface area contributed by atoms with Crippen LogP contribution in [0.4, 0.5) is 0 Å². The summed E-state index contributed by atoms with van der Waals surface area (Å²) in [5.74, 6) is 2.79. The first kappa shape index (κ1) is 19.1. The lowest BCUT2D eigenvalue weighted by Gasteiger charge is -2.19. The van der Waals surface area contributed by atoms with Crippen molar-refractivity contribution >= 4 is 0 Å². The fourth-order valence-electron chi connectivity index (χ4n) is 2.92. The normalized spacial score (nSPS) is 11.9. The number of aryl methyl sites for hydroxylation is 1. The van der Waals surface area contributed by atoms with Crippen molar-refractivity contribution in [1.82, 2.24) is 0 Å². The van der Waals surface area contributed by atoms with Crippen molar-refractivity contribution in [2.45, 2.75) is 32.6 Å². The summed E-state index contributed by atoms with van der Waals surface area (Å²) >= 11 is 0. The second kappa shape index (κ2) is 9.33. The minimum Gasteiger partial charge on any atom is -0.497 e. The van der Waals surface area contributed by atoms with Crippen molar-refractivity contribution < 1.29 is 14.2 Å². The van der Waals surface area contributed by atoms with Crippen LogP contribution in [0.1, 0.15) is 36.0 Å². The van der Waals surface area contributed by atoms with Gasteiger partial charge in [-0.2, -0.15) is 0 Å². The maximum atomic E-state index is 6.07. The fraction of sp³-hybridized carbons (Fsp3) is 0.429. The van der Waals surface area contributed by atoms with Crippen LogP contribution >= 0.6 is 0 Å². The lowest BCUT2D eigenvalue weighted by atomic mass is 9.90. The van der Waals surface area contributed by atoms with E-state index in [4.69, 9.17) is 19.9 Å². The third-order valence-electron chi connectivity index (χ3n) is 4.38. The number of hydrogen-bond acceptors (Lipinski definition) is 4. The zero-order valence-corrected chi connectivity index (χ0v) is 15.7. The van der Waals surface area contributed by atoms with Gasteiger partial charge in [0.05, 0.1) is 20.8 Å². The summed E-state index contributed by atoms with van der Waals surface area (Å²) in [5, 5.41) is 0. The predicted molar refractivity (Wildman–Crippen MR) is 102 cm³/mol. The number of ether oxygens (including phenoxy) is 3. The molecule has 0 bridgehead atoms. The van der Waals surface area contributed by atoms with Crippen LogP contribution in [-0.4, -0.2) is 27.4 Å². The first-order valence-electron chi connectivity index (χ1n) is 8.77. The van der Waals surface area contributed by atoms with Crippen molar-refractivity contribution in [3.63, 3.8) is 0 Å². The van der Waals surface area contributed by atoms with Crippen LogP contribution in [0.5, 0.6) is 17.2 Å². The highest BCUT2D eigenvalue weighted by atomic mass is 16.5. The van der Waals surface area contributed by atoms with Crippen LogP contribution in [0.2, 0.25) is 0 Å². The molecule has 2 aromatic carbocycles. The molecular weight excluding hydrogens is 314 g/mol. The smallest absolute Gasteiger partial charge is 0.125 e. The summed E-state index contributed by atoms with van der Waals surface area (Å²) in [5.41, 5.74) is 9.57. The molecular formula is C21H29NO3. The second-order valence-electron chi connectivity index (χ2n) is 6.19. The molecule has 2 aromatic rings. The Morgan fingerprint density at radius 2 is 1.80 bits per heavy atom. The minimum absolute atomic E-state index is 0.223. The van der Waals surface area contributed by atoms with E-state index in [0.29, 0.717) is 6.54 Å². The van der Waals surface area contributed by atoms with Gasteiger partial charge >= 0.3 is 0 Å². The number of methoxy groups -OCH3 is 2. The first-order valence-corrected chi connectivity index (χ1v) is 8.77. The van der Waals surface area contributed by atoms with Gasteiger partial charge in [0.15, 0.2) is 0 Å². The Morgan fingerprint density at radius 3 is 2.40 bits per heavy atom. The number of hydrogen-bond donors (Lipinski definition) is 1. The van der Waals surface area contributed by atoms with Crippen LogP contribution in [-0.2, 0) is 6.42 Å². The number of benzene rings is 2. The van der Waals surface area contributed by atoms with E-state index >= 15 is 0 Å². The quantitative estimate of drug-likeness (QED) is 0.745. The molecule has 0 heterocycles. The molecule has 0 radical (unpaired) electrons. The van der Waals surface area contributed by atoms with Crippen LogP contribution in [0.15, 0.2) is 36.4 Å². The van der Waals surface area contributed by atoms with Gasteiger partial charge in [-0.1, -0.05) is 25.1 Å². The van der Waals surface area contributed by atoms with Gasteiger partial charge in [0.1, 0.15) is 17.2 Å². The fourth-order valence-corrected chi connectivity index (χ4v) is 2.92.